The third-order valence-corrected chi connectivity index (χ3v) is 6.88. The number of carbonyl (C=O) groups excluding carboxylic acids is 2. The quantitative estimate of drug-likeness (QED) is 0.295. The molecule has 4 aromatic rings. The highest BCUT2D eigenvalue weighted by molar-refractivity contribution is 6.02. The number of aromatic nitrogens is 3. The minimum atomic E-state index is -1.04. The number of carbonyl (C=O) groups is 2. The van der Waals surface area contributed by atoms with Crippen molar-refractivity contribution >= 4 is 28.5 Å². The monoisotopic (exact) mass is 545 g/mol. The van der Waals surface area contributed by atoms with Gasteiger partial charge in [-0.3, -0.25) is 14.5 Å². The molecular weight excluding hydrogens is 510 g/mol. The first-order valence-electron chi connectivity index (χ1n) is 13.0. The van der Waals surface area contributed by atoms with Crippen LogP contribution >= 0.6 is 0 Å². The van der Waals surface area contributed by atoms with Crippen LogP contribution in [0.2, 0.25) is 0 Å². The van der Waals surface area contributed by atoms with Crippen LogP contribution in [0.15, 0.2) is 66.7 Å². The summed E-state index contributed by atoms with van der Waals surface area (Å²) in [6, 6.07) is 18.6. The van der Waals surface area contributed by atoms with Gasteiger partial charge in [0.05, 0.1) is 26.8 Å². The zero-order valence-electron chi connectivity index (χ0n) is 23.7. The van der Waals surface area contributed by atoms with Crippen LogP contribution in [-0.2, 0) is 16.1 Å². The minimum absolute atomic E-state index is 0.153. The molecule has 0 aliphatic heterocycles. The normalized spacial score (nSPS) is 12.1. The molecule has 10 heteroatoms. The summed E-state index contributed by atoms with van der Waals surface area (Å²) in [7, 11) is 4.61. The molecule has 0 spiro atoms. The zero-order valence-corrected chi connectivity index (χ0v) is 23.7. The van der Waals surface area contributed by atoms with E-state index in [1.54, 1.807) is 49.6 Å². The maximum Gasteiger partial charge on any atom is 0.249 e. The van der Waals surface area contributed by atoms with Crippen LogP contribution in [0.25, 0.3) is 11.0 Å². The maximum absolute atomic E-state index is 14.3. The number of benzene rings is 3. The Kier molecular flexibility index (Phi) is 8.57. The lowest BCUT2D eigenvalue weighted by Crippen LogP contribution is -2.51. The maximum atomic E-state index is 14.3. The molecule has 210 valence electrons. The Bertz CT molecular complexity index is 1500. The van der Waals surface area contributed by atoms with E-state index in [1.807, 2.05) is 45.0 Å². The van der Waals surface area contributed by atoms with E-state index in [1.165, 1.54) is 23.8 Å². The summed E-state index contributed by atoms with van der Waals surface area (Å²) in [5, 5.41) is 11.5. The molecule has 0 aliphatic carbocycles. The molecule has 0 radical (unpaired) electrons. The molecule has 3 aromatic carbocycles. The van der Waals surface area contributed by atoms with Gasteiger partial charge in [-0.25, -0.2) is 4.68 Å². The predicted molar refractivity (Wildman–Crippen MR) is 153 cm³/mol. The molecule has 2 amide bonds. The van der Waals surface area contributed by atoms with Gasteiger partial charge in [-0.1, -0.05) is 36.4 Å². The van der Waals surface area contributed by atoms with E-state index >= 15 is 0 Å². The molecular formula is C30H35N5O5. The predicted octanol–water partition coefficient (Wildman–Crippen LogP) is 4.54. The van der Waals surface area contributed by atoms with Crippen LogP contribution in [-0.4, -0.2) is 53.7 Å². The van der Waals surface area contributed by atoms with Crippen molar-refractivity contribution in [1.82, 2.24) is 20.3 Å². The number of fused-ring (bicyclic) bond motifs is 1. The van der Waals surface area contributed by atoms with Gasteiger partial charge in [0.15, 0.2) is 11.5 Å². The topological polar surface area (TPSA) is 108 Å². The van der Waals surface area contributed by atoms with Crippen LogP contribution in [0.5, 0.6) is 17.2 Å². The molecule has 0 saturated carbocycles. The number of methoxy groups -OCH3 is 3. The van der Waals surface area contributed by atoms with Crippen molar-refractivity contribution in [2.75, 3.05) is 26.2 Å². The third-order valence-electron chi connectivity index (χ3n) is 6.88. The molecule has 40 heavy (non-hydrogen) atoms. The molecule has 0 aliphatic rings. The second-order valence-electron chi connectivity index (χ2n) is 9.94. The van der Waals surface area contributed by atoms with E-state index < -0.39 is 11.6 Å². The number of anilines is 1. The van der Waals surface area contributed by atoms with Crippen molar-refractivity contribution in [3.63, 3.8) is 0 Å². The zero-order chi connectivity index (χ0) is 28.9. The van der Waals surface area contributed by atoms with E-state index in [0.29, 0.717) is 46.0 Å². The van der Waals surface area contributed by atoms with Crippen LogP contribution in [0.4, 0.5) is 5.69 Å². The first-order chi connectivity index (χ1) is 19.2. The number of hydrogen-bond acceptors (Lipinski definition) is 7. The fourth-order valence-electron chi connectivity index (χ4n) is 4.37. The molecule has 0 unspecified atom stereocenters. The van der Waals surface area contributed by atoms with Gasteiger partial charge < -0.3 is 19.5 Å². The smallest absolute Gasteiger partial charge is 0.249 e. The summed E-state index contributed by atoms with van der Waals surface area (Å²) in [6.45, 7) is 5.73. The summed E-state index contributed by atoms with van der Waals surface area (Å²) in [6.07, 6.45) is 0.693. The second-order valence-corrected chi connectivity index (χ2v) is 9.94. The number of hydrogen-bond donors (Lipinski definition) is 1. The number of nitrogens with zero attached hydrogens (tertiary/aromatic N) is 4. The fraction of sp³-hybridized carbons (Fsp3) is 0.333. The standard InChI is InChI=1S/C30H35N5O5/c1-7-30(2,3)31-29(37)28(20-11-10-12-22(17-20)38-4)35(21-15-16-25(39-5)26(18-21)40-6)27(36)19-34-24-14-9-8-13-23(24)32-33-34/h8-18,28H,7,19H2,1-6H3,(H,31,37)/t28-/m0/s1. The van der Waals surface area contributed by atoms with Gasteiger partial charge >= 0.3 is 0 Å². The highest BCUT2D eigenvalue weighted by Crippen LogP contribution is 2.36. The number of rotatable bonds is 11. The highest BCUT2D eigenvalue weighted by Gasteiger charge is 2.36. The molecule has 1 N–H and O–H groups in total. The average molecular weight is 546 g/mol. The molecule has 1 heterocycles. The van der Waals surface area contributed by atoms with Crippen molar-refractivity contribution in [2.45, 2.75) is 45.3 Å². The van der Waals surface area contributed by atoms with E-state index in [4.69, 9.17) is 14.2 Å². The van der Waals surface area contributed by atoms with Gasteiger partial charge in [-0.15, -0.1) is 5.10 Å². The summed E-state index contributed by atoms with van der Waals surface area (Å²) >= 11 is 0. The lowest BCUT2D eigenvalue weighted by molar-refractivity contribution is -0.128. The van der Waals surface area contributed by atoms with Gasteiger partial charge in [-0.05, 0) is 62.2 Å². The number of ether oxygens (including phenoxy) is 3. The lowest BCUT2D eigenvalue weighted by atomic mass is 9.98. The Labute approximate surface area is 233 Å². The average Bonchev–Trinajstić information content (AvgIpc) is 3.37. The lowest BCUT2D eigenvalue weighted by Gasteiger charge is -2.35. The number of amides is 2. The van der Waals surface area contributed by atoms with Crippen molar-refractivity contribution < 1.29 is 23.8 Å². The highest BCUT2D eigenvalue weighted by atomic mass is 16.5. The van der Waals surface area contributed by atoms with Crippen LogP contribution in [0.3, 0.4) is 0 Å². The SMILES string of the molecule is CCC(C)(C)NC(=O)[C@H](c1cccc(OC)c1)N(C(=O)Cn1nnc2ccccc21)c1ccc(OC)c(OC)c1. The van der Waals surface area contributed by atoms with Crippen molar-refractivity contribution in [2.24, 2.45) is 0 Å². The van der Waals surface area contributed by atoms with Crippen molar-refractivity contribution in [3.05, 3.63) is 72.3 Å². The number of nitrogens with one attached hydrogen (secondary N) is 1. The molecule has 0 bridgehead atoms. The van der Waals surface area contributed by atoms with Gasteiger partial charge in [0.1, 0.15) is 23.9 Å². The summed E-state index contributed by atoms with van der Waals surface area (Å²) in [5.74, 6) is 0.761. The van der Waals surface area contributed by atoms with Crippen molar-refractivity contribution in [3.8, 4) is 17.2 Å². The molecule has 1 atom stereocenters. The van der Waals surface area contributed by atoms with Gasteiger partial charge in [0.2, 0.25) is 11.8 Å². The van der Waals surface area contributed by atoms with Crippen LogP contribution < -0.4 is 24.4 Å². The van der Waals surface area contributed by atoms with Gasteiger partial charge in [0.25, 0.3) is 0 Å². The van der Waals surface area contributed by atoms with Gasteiger partial charge in [-0.2, -0.15) is 0 Å². The second kappa shape index (κ2) is 12.1. The molecule has 4 rings (SSSR count). The molecule has 0 saturated heterocycles. The third kappa shape index (κ3) is 6.01. The molecule has 0 fully saturated rings. The Morgan fingerprint density at radius 1 is 0.950 bits per heavy atom. The summed E-state index contributed by atoms with van der Waals surface area (Å²) in [5.41, 5.74) is 1.89. The Morgan fingerprint density at radius 3 is 2.40 bits per heavy atom. The Hall–Kier alpha value is -4.60. The van der Waals surface area contributed by atoms with E-state index in [9.17, 15) is 9.59 Å². The van der Waals surface area contributed by atoms with E-state index in [2.05, 4.69) is 15.6 Å². The molecule has 1 aromatic heterocycles. The fourth-order valence-corrected chi connectivity index (χ4v) is 4.37. The Balaban J connectivity index is 1.89. The summed E-state index contributed by atoms with van der Waals surface area (Å²) in [4.78, 5) is 29.8. The minimum Gasteiger partial charge on any atom is -0.497 e. The van der Waals surface area contributed by atoms with Crippen molar-refractivity contribution in [1.29, 1.82) is 0 Å². The number of para-hydroxylation sites is 1. The summed E-state index contributed by atoms with van der Waals surface area (Å²) < 4.78 is 17.9. The first kappa shape index (κ1) is 28.4. The van der Waals surface area contributed by atoms with E-state index in [0.717, 1.165) is 0 Å². The van der Waals surface area contributed by atoms with Crippen LogP contribution in [0.1, 0.15) is 38.8 Å². The van der Waals surface area contributed by atoms with Gasteiger partial charge in [0, 0.05) is 17.3 Å². The molecule has 10 nitrogen and oxygen atoms in total. The Morgan fingerprint density at radius 2 is 1.70 bits per heavy atom. The van der Waals surface area contributed by atoms with Crippen LogP contribution in [0, 0.1) is 0 Å². The van der Waals surface area contributed by atoms with E-state index in [-0.39, 0.29) is 18.4 Å². The largest absolute Gasteiger partial charge is 0.497 e. The first-order valence-corrected chi connectivity index (χ1v) is 13.0.